The van der Waals surface area contributed by atoms with Crippen molar-refractivity contribution in [2.24, 2.45) is 0 Å². The van der Waals surface area contributed by atoms with E-state index in [2.05, 4.69) is 34.5 Å². The van der Waals surface area contributed by atoms with Gasteiger partial charge < -0.3 is 10.6 Å². The first-order valence-electron chi connectivity index (χ1n) is 5.99. The molecule has 2 nitrogen and oxygen atoms in total. The maximum atomic E-state index is 5.89. The molecule has 17 heavy (non-hydrogen) atoms. The maximum absolute atomic E-state index is 5.89. The zero-order valence-electron chi connectivity index (χ0n) is 9.73. The maximum Gasteiger partial charge on any atom is 0.0522 e. The fraction of sp³-hybridized carbons (Fsp3) is 0.286. The number of rotatable bonds is 2. The number of anilines is 2. The average Bonchev–Trinajstić information content (AvgIpc) is 2.83. The molecular formula is C14H16N2S. The third kappa shape index (κ3) is 2.15. The van der Waals surface area contributed by atoms with Gasteiger partial charge in [0.05, 0.1) is 6.54 Å². The highest BCUT2D eigenvalue weighted by atomic mass is 32.1. The van der Waals surface area contributed by atoms with Crippen molar-refractivity contribution in [2.75, 3.05) is 17.2 Å². The predicted molar refractivity (Wildman–Crippen MR) is 74.5 cm³/mol. The molecule has 0 bridgehead atoms. The standard InChI is InChI=1S/C14H16N2S/c15-12-6-5-11-3-1-7-16(14(11)9-12)10-13-4-2-8-17-13/h2,4-6,8-9H,1,3,7,10,15H2. The summed E-state index contributed by atoms with van der Waals surface area (Å²) in [5.41, 5.74) is 9.51. The van der Waals surface area contributed by atoms with Crippen LogP contribution in [0.15, 0.2) is 35.7 Å². The van der Waals surface area contributed by atoms with E-state index < -0.39 is 0 Å². The quantitative estimate of drug-likeness (QED) is 0.821. The number of nitrogens with two attached hydrogens (primary N) is 1. The van der Waals surface area contributed by atoms with Crippen LogP contribution >= 0.6 is 11.3 Å². The van der Waals surface area contributed by atoms with Gasteiger partial charge in [-0.3, -0.25) is 0 Å². The van der Waals surface area contributed by atoms with Crippen LogP contribution in [-0.4, -0.2) is 6.54 Å². The van der Waals surface area contributed by atoms with E-state index in [4.69, 9.17) is 5.73 Å². The summed E-state index contributed by atoms with van der Waals surface area (Å²) in [5.74, 6) is 0. The van der Waals surface area contributed by atoms with Crippen LogP contribution in [0.25, 0.3) is 0 Å². The molecular weight excluding hydrogens is 228 g/mol. The fourth-order valence-corrected chi connectivity index (χ4v) is 3.14. The Balaban J connectivity index is 1.90. The van der Waals surface area contributed by atoms with Crippen LogP contribution in [0.5, 0.6) is 0 Å². The highest BCUT2D eigenvalue weighted by Gasteiger charge is 2.17. The van der Waals surface area contributed by atoms with Crippen LogP contribution in [0.1, 0.15) is 16.9 Å². The third-order valence-electron chi connectivity index (χ3n) is 3.25. The predicted octanol–water partition coefficient (Wildman–Crippen LogP) is 3.28. The second kappa shape index (κ2) is 4.41. The molecule has 0 radical (unpaired) electrons. The highest BCUT2D eigenvalue weighted by Crippen LogP contribution is 2.30. The van der Waals surface area contributed by atoms with Crippen molar-refractivity contribution in [3.05, 3.63) is 46.2 Å². The summed E-state index contributed by atoms with van der Waals surface area (Å²) >= 11 is 1.82. The van der Waals surface area contributed by atoms with Crippen LogP contribution in [-0.2, 0) is 13.0 Å². The number of hydrogen-bond acceptors (Lipinski definition) is 3. The van der Waals surface area contributed by atoms with Gasteiger partial charge in [0.1, 0.15) is 0 Å². The van der Waals surface area contributed by atoms with Crippen molar-refractivity contribution in [3.8, 4) is 0 Å². The Bertz CT molecular complexity index is 505. The van der Waals surface area contributed by atoms with E-state index in [9.17, 15) is 0 Å². The van der Waals surface area contributed by atoms with Crippen molar-refractivity contribution in [1.82, 2.24) is 0 Å². The van der Waals surface area contributed by atoms with E-state index in [1.807, 2.05) is 17.4 Å². The molecule has 0 saturated heterocycles. The molecule has 88 valence electrons. The minimum absolute atomic E-state index is 0.863. The molecule has 2 heterocycles. The monoisotopic (exact) mass is 244 g/mol. The molecule has 0 saturated carbocycles. The Hall–Kier alpha value is -1.48. The van der Waals surface area contributed by atoms with E-state index in [0.717, 1.165) is 18.8 Å². The van der Waals surface area contributed by atoms with Crippen molar-refractivity contribution < 1.29 is 0 Å². The second-order valence-electron chi connectivity index (χ2n) is 4.49. The number of aryl methyl sites for hydroxylation is 1. The second-order valence-corrected chi connectivity index (χ2v) is 5.52. The zero-order chi connectivity index (χ0) is 11.7. The molecule has 0 unspecified atom stereocenters. The smallest absolute Gasteiger partial charge is 0.0522 e. The fourth-order valence-electron chi connectivity index (χ4n) is 2.42. The lowest BCUT2D eigenvalue weighted by molar-refractivity contribution is 0.695. The van der Waals surface area contributed by atoms with Crippen LogP contribution in [0.3, 0.4) is 0 Å². The lowest BCUT2D eigenvalue weighted by atomic mass is 10.0. The van der Waals surface area contributed by atoms with E-state index in [0.29, 0.717) is 0 Å². The molecule has 0 fully saturated rings. The molecule has 0 atom stereocenters. The largest absolute Gasteiger partial charge is 0.399 e. The molecule has 3 rings (SSSR count). The molecule has 0 amide bonds. The molecule has 2 N–H and O–H groups in total. The minimum atomic E-state index is 0.863. The Morgan fingerprint density at radius 3 is 3.06 bits per heavy atom. The summed E-state index contributed by atoms with van der Waals surface area (Å²) < 4.78 is 0. The van der Waals surface area contributed by atoms with Crippen molar-refractivity contribution >= 4 is 22.7 Å². The van der Waals surface area contributed by atoms with Crippen LogP contribution in [0.2, 0.25) is 0 Å². The number of hydrogen-bond donors (Lipinski definition) is 1. The van der Waals surface area contributed by atoms with Crippen LogP contribution < -0.4 is 10.6 Å². The first-order chi connectivity index (χ1) is 8.33. The summed E-state index contributed by atoms with van der Waals surface area (Å²) in [4.78, 5) is 3.86. The minimum Gasteiger partial charge on any atom is -0.399 e. The Morgan fingerprint density at radius 1 is 1.29 bits per heavy atom. The van der Waals surface area contributed by atoms with Gasteiger partial charge in [-0.15, -0.1) is 11.3 Å². The van der Waals surface area contributed by atoms with E-state index >= 15 is 0 Å². The molecule has 2 aromatic rings. The SMILES string of the molecule is Nc1ccc2c(c1)N(Cc1cccs1)CCC2. The first kappa shape index (κ1) is 10.7. The molecule has 3 heteroatoms. The molecule has 1 aromatic heterocycles. The molecule has 1 aliphatic heterocycles. The molecule has 0 aliphatic carbocycles. The first-order valence-corrected chi connectivity index (χ1v) is 6.86. The van der Waals surface area contributed by atoms with Gasteiger partial charge in [-0.2, -0.15) is 0 Å². The van der Waals surface area contributed by atoms with Gasteiger partial charge in [-0.25, -0.2) is 0 Å². The summed E-state index contributed by atoms with van der Waals surface area (Å²) in [7, 11) is 0. The lowest BCUT2D eigenvalue weighted by Gasteiger charge is -2.31. The van der Waals surface area contributed by atoms with Crippen molar-refractivity contribution in [2.45, 2.75) is 19.4 Å². The van der Waals surface area contributed by atoms with Crippen molar-refractivity contribution in [1.29, 1.82) is 0 Å². The Morgan fingerprint density at radius 2 is 2.24 bits per heavy atom. The van der Waals surface area contributed by atoms with Crippen LogP contribution in [0, 0.1) is 0 Å². The summed E-state index contributed by atoms with van der Waals surface area (Å²) in [5, 5.41) is 2.14. The topological polar surface area (TPSA) is 29.3 Å². The van der Waals surface area contributed by atoms with Crippen LogP contribution in [0.4, 0.5) is 11.4 Å². The number of fused-ring (bicyclic) bond motifs is 1. The Kier molecular flexibility index (Phi) is 2.77. The van der Waals surface area contributed by atoms with E-state index in [-0.39, 0.29) is 0 Å². The van der Waals surface area contributed by atoms with Gasteiger partial charge in [0.2, 0.25) is 0 Å². The van der Waals surface area contributed by atoms with E-state index in [1.54, 1.807) is 0 Å². The van der Waals surface area contributed by atoms with Gasteiger partial charge in [0, 0.05) is 22.8 Å². The third-order valence-corrected chi connectivity index (χ3v) is 4.11. The number of nitrogens with zero attached hydrogens (tertiary/aromatic N) is 1. The van der Waals surface area contributed by atoms with Crippen molar-refractivity contribution in [3.63, 3.8) is 0 Å². The van der Waals surface area contributed by atoms with Gasteiger partial charge in [-0.05, 0) is 42.0 Å². The number of thiophene rings is 1. The van der Waals surface area contributed by atoms with Gasteiger partial charge in [0.25, 0.3) is 0 Å². The number of benzene rings is 1. The average molecular weight is 244 g/mol. The summed E-state index contributed by atoms with van der Waals surface area (Å²) in [6.07, 6.45) is 2.42. The Labute approximate surface area is 106 Å². The van der Waals surface area contributed by atoms with Gasteiger partial charge in [0.15, 0.2) is 0 Å². The zero-order valence-corrected chi connectivity index (χ0v) is 10.5. The number of nitrogen functional groups attached to an aromatic ring is 1. The van der Waals surface area contributed by atoms with Gasteiger partial charge >= 0.3 is 0 Å². The normalized spacial score (nSPS) is 14.7. The van der Waals surface area contributed by atoms with E-state index in [1.165, 1.54) is 29.0 Å². The highest BCUT2D eigenvalue weighted by molar-refractivity contribution is 7.09. The summed E-state index contributed by atoms with van der Waals surface area (Å²) in [6.45, 7) is 2.14. The summed E-state index contributed by atoms with van der Waals surface area (Å²) in [6, 6.07) is 10.6. The molecule has 1 aliphatic rings. The molecule has 1 aromatic carbocycles. The lowest BCUT2D eigenvalue weighted by Crippen LogP contribution is -2.28. The van der Waals surface area contributed by atoms with Gasteiger partial charge in [-0.1, -0.05) is 12.1 Å². The molecule has 0 spiro atoms.